The van der Waals surface area contributed by atoms with Crippen molar-refractivity contribution in [1.82, 2.24) is 21.5 Å². The number of primary amides is 1. The van der Waals surface area contributed by atoms with Crippen LogP contribution in [-0.4, -0.2) is 30.6 Å². The quantitative estimate of drug-likeness (QED) is 0.601. The number of hydrogen-bond acceptors (Lipinski definition) is 5. The molecule has 6 nitrogen and oxygen atoms in total. The molecular weight excluding hydrogens is 313 g/mol. The summed E-state index contributed by atoms with van der Waals surface area (Å²) in [6, 6.07) is 0. The molecule has 1 aliphatic heterocycles. The highest BCUT2D eigenvalue weighted by Gasteiger charge is 2.07. The first kappa shape index (κ1) is 24.2. The molecule has 1 saturated heterocycles. The molecule has 19 heavy (non-hydrogen) atoms. The molecule has 1 amide bonds. The fourth-order valence-corrected chi connectivity index (χ4v) is 1.77. The lowest BCUT2D eigenvalue weighted by atomic mass is 10.1. The Labute approximate surface area is 133 Å². The van der Waals surface area contributed by atoms with Crippen molar-refractivity contribution in [2.75, 3.05) is 19.6 Å². The van der Waals surface area contributed by atoms with E-state index in [-0.39, 0.29) is 49.7 Å². The van der Waals surface area contributed by atoms with E-state index in [9.17, 15) is 4.79 Å². The summed E-state index contributed by atoms with van der Waals surface area (Å²) in [6.07, 6.45) is 7.32. The van der Waals surface area contributed by atoms with Gasteiger partial charge in [0.05, 0.1) is 6.54 Å². The number of rotatable bonds is 2. The molecular formula is C10H26Cl3N5O. The molecule has 0 aromatic rings. The number of hydrogen-bond donors (Lipinski definition) is 4. The third-order valence-corrected chi connectivity index (χ3v) is 2.63. The maximum atomic E-state index is 10.8. The minimum absolute atomic E-state index is 0. The van der Waals surface area contributed by atoms with Gasteiger partial charge >= 0.3 is 0 Å². The van der Waals surface area contributed by atoms with Gasteiger partial charge in [0.15, 0.2) is 0 Å². The summed E-state index contributed by atoms with van der Waals surface area (Å²) in [4.78, 5) is 10.8. The molecule has 0 atom stereocenters. The Morgan fingerprint density at radius 2 is 1.58 bits per heavy atom. The lowest BCUT2D eigenvalue weighted by Crippen LogP contribution is -2.55. The van der Waals surface area contributed by atoms with E-state index in [1.165, 1.54) is 32.1 Å². The second-order valence-corrected chi connectivity index (χ2v) is 4.17. The van der Waals surface area contributed by atoms with Gasteiger partial charge in [-0.3, -0.25) is 4.79 Å². The van der Waals surface area contributed by atoms with E-state index in [4.69, 9.17) is 5.73 Å². The van der Waals surface area contributed by atoms with Gasteiger partial charge in [-0.25, -0.2) is 10.4 Å². The zero-order valence-electron chi connectivity index (χ0n) is 11.0. The van der Waals surface area contributed by atoms with Gasteiger partial charge in [-0.05, 0) is 12.8 Å². The molecule has 1 heterocycles. The number of carbonyl (C=O) groups is 1. The number of amides is 1. The molecule has 0 spiro atoms. The van der Waals surface area contributed by atoms with E-state index in [0.29, 0.717) is 0 Å². The van der Waals surface area contributed by atoms with Crippen molar-refractivity contribution in [2.45, 2.75) is 38.5 Å². The zero-order valence-corrected chi connectivity index (χ0v) is 13.5. The maximum absolute atomic E-state index is 10.8. The lowest BCUT2D eigenvalue weighted by molar-refractivity contribution is -0.120. The smallest absolute Gasteiger partial charge is 0.233 e. The Balaban J connectivity index is -0.000000853. The van der Waals surface area contributed by atoms with E-state index in [2.05, 4.69) is 16.5 Å². The van der Waals surface area contributed by atoms with Crippen LogP contribution in [-0.2, 0) is 4.79 Å². The average Bonchev–Trinajstić information content (AvgIpc) is 2.21. The van der Waals surface area contributed by atoms with Crippen LogP contribution in [0.5, 0.6) is 0 Å². The van der Waals surface area contributed by atoms with Crippen LogP contribution in [0.2, 0.25) is 0 Å². The van der Waals surface area contributed by atoms with E-state index >= 15 is 0 Å². The number of nitrogens with one attached hydrogen (secondary N) is 3. The van der Waals surface area contributed by atoms with Crippen molar-refractivity contribution in [3.8, 4) is 0 Å². The van der Waals surface area contributed by atoms with Crippen molar-refractivity contribution < 1.29 is 4.79 Å². The predicted octanol–water partition coefficient (Wildman–Crippen LogP) is 0.907. The summed E-state index contributed by atoms with van der Waals surface area (Å²) in [5, 5.41) is 1.80. The second-order valence-electron chi connectivity index (χ2n) is 4.17. The van der Waals surface area contributed by atoms with Crippen molar-refractivity contribution in [3.63, 3.8) is 0 Å². The van der Waals surface area contributed by atoms with Crippen LogP contribution in [0.1, 0.15) is 38.5 Å². The molecule has 0 aliphatic carbocycles. The predicted molar refractivity (Wildman–Crippen MR) is 84.5 cm³/mol. The average molecular weight is 339 g/mol. The van der Waals surface area contributed by atoms with Crippen LogP contribution < -0.4 is 22.2 Å². The summed E-state index contributed by atoms with van der Waals surface area (Å²) in [5.74, 6) is -0.318. The maximum Gasteiger partial charge on any atom is 0.233 e. The molecule has 0 bridgehead atoms. The monoisotopic (exact) mass is 337 g/mol. The molecule has 5 N–H and O–H groups in total. The fourth-order valence-electron chi connectivity index (χ4n) is 1.77. The van der Waals surface area contributed by atoms with Crippen LogP contribution in [0.25, 0.3) is 0 Å². The highest BCUT2D eigenvalue weighted by Crippen LogP contribution is 2.05. The number of halogens is 3. The normalized spacial score (nSPS) is 18.5. The Bertz CT molecular complexity index is 200. The summed E-state index contributed by atoms with van der Waals surface area (Å²) in [6.45, 7) is 1.99. The van der Waals surface area contributed by atoms with E-state index in [1.54, 1.807) is 5.01 Å². The Kier molecular flexibility index (Phi) is 20.7. The van der Waals surface area contributed by atoms with Crippen molar-refractivity contribution in [1.29, 1.82) is 0 Å². The number of carbonyl (C=O) groups excluding carboxylic acids is 1. The third kappa shape index (κ3) is 14.4. The van der Waals surface area contributed by atoms with Gasteiger partial charge < -0.3 is 5.73 Å². The summed E-state index contributed by atoms with van der Waals surface area (Å²) < 4.78 is 0. The Morgan fingerprint density at radius 3 is 2.21 bits per heavy atom. The Hall–Kier alpha value is 0.180. The molecule has 1 rings (SSSR count). The first-order chi connectivity index (χ1) is 7.79. The summed E-state index contributed by atoms with van der Waals surface area (Å²) in [5.41, 5.74) is 14.0. The minimum Gasteiger partial charge on any atom is -0.369 e. The van der Waals surface area contributed by atoms with Crippen LogP contribution in [0, 0.1) is 0 Å². The van der Waals surface area contributed by atoms with Crippen LogP contribution in [0.3, 0.4) is 0 Å². The van der Waals surface area contributed by atoms with E-state index in [1.807, 2.05) is 0 Å². The summed E-state index contributed by atoms with van der Waals surface area (Å²) in [7, 11) is 0. The zero-order chi connectivity index (χ0) is 11.6. The van der Waals surface area contributed by atoms with E-state index in [0.717, 1.165) is 19.5 Å². The van der Waals surface area contributed by atoms with Gasteiger partial charge in [0.25, 0.3) is 0 Å². The number of nitrogens with zero attached hydrogens (tertiary/aromatic N) is 1. The lowest BCUT2D eigenvalue weighted by Gasteiger charge is -2.23. The Morgan fingerprint density at radius 1 is 1.00 bits per heavy atom. The number of hydrazine groups is 3. The molecule has 0 radical (unpaired) electrons. The first-order valence-electron chi connectivity index (χ1n) is 6.06. The topological polar surface area (TPSA) is 82.4 Å². The van der Waals surface area contributed by atoms with Crippen molar-refractivity contribution in [3.05, 3.63) is 0 Å². The van der Waals surface area contributed by atoms with Gasteiger partial charge in [-0.1, -0.05) is 25.7 Å². The standard InChI is InChI=1S/C10H23N5O.3ClH/c11-10(16)9-15-8-6-4-2-1-3-5-7-12-13-14-15;;;/h12-14H,1-9H2,(H2,11,16);3*1H. The molecule has 118 valence electrons. The van der Waals surface area contributed by atoms with E-state index < -0.39 is 0 Å². The molecule has 9 heteroatoms. The largest absolute Gasteiger partial charge is 0.369 e. The van der Waals surface area contributed by atoms with Gasteiger partial charge in [0.1, 0.15) is 0 Å². The van der Waals surface area contributed by atoms with Crippen LogP contribution in [0.15, 0.2) is 0 Å². The SMILES string of the molecule is Cl.Cl.Cl.NC(=O)CN1CCCCCCCCNNN1. The minimum atomic E-state index is -0.318. The molecule has 0 saturated carbocycles. The van der Waals surface area contributed by atoms with Gasteiger partial charge in [-0.15, -0.1) is 37.2 Å². The van der Waals surface area contributed by atoms with Gasteiger partial charge in [-0.2, -0.15) is 11.1 Å². The number of nitrogens with two attached hydrogens (primary N) is 1. The molecule has 0 aromatic heterocycles. The molecule has 0 unspecified atom stereocenters. The van der Waals surface area contributed by atoms with Crippen LogP contribution >= 0.6 is 37.2 Å². The molecule has 1 aliphatic rings. The third-order valence-electron chi connectivity index (χ3n) is 2.63. The van der Waals surface area contributed by atoms with Crippen molar-refractivity contribution in [2.24, 2.45) is 5.73 Å². The van der Waals surface area contributed by atoms with Crippen molar-refractivity contribution >= 4 is 43.1 Å². The first-order valence-corrected chi connectivity index (χ1v) is 6.06. The fraction of sp³-hybridized carbons (Fsp3) is 0.900. The highest BCUT2D eigenvalue weighted by molar-refractivity contribution is 5.86. The van der Waals surface area contributed by atoms with Gasteiger partial charge in [0, 0.05) is 13.1 Å². The molecule has 1 fully saturated rings. The van der Waals surface area contributed by atoms with Gasteiger partial charge in [0.2, 0.25) is 5.91 Å². The summed E-state index contributed by atoms with van der Waals surface area (Å²) >= 11 is 0. The second kappa shape index (κ2) is 16.2. The highest BCUT2D eigenvalue weighted by atomic mass is 35.5. The molecule has 0 aromatic carbocycles. The van der Waals surface area contributed by atoms with Crippen LogP contribution in [0.4, 0.5) is 0 Å².